The lowest BCUT2D eigenvalue weighted by molar-refractivity contribution is -0.125. The van der Waals surface area contributed by atoms with E-state index in [1.165, 1.54) is 0 Å². The molecule has 0 radical (unpaired) electrons. The van der Waals surface area contributed by atoms with Gasteiger partial charge in [0.1, 0.15) is 0 Å². The molecular formula is C23H23N3O3. The second kappa shape index (κ2) is 6.17. The smallest absolute Gasteiger partial charge is 0.235 e. The Bertz CT molecular complexity index is 1250. The lowest BCUT2D eigenvalue weighted by Crippen LogP contribution is -2.21. The summed E-state index contributed by atoms with van der Waals surface area (Å²) < 4.78 is 2.02. The van der Waals surface area contributed by atoms with Crippen LogP contribution in [0, 0.1) is 0 Å². The van der Waals surface area contributed by atoms with Crippen molar-refractivity contribution in [2.24, 2.45) is 0 Å². The number of aromatic nitrogens is 2. The summed E-state index contributed by atoms with van der Waals surface area (Å²) in [5.41, 5.74) is 4.52. The zero-order valence-electron chi connectivity index (χ0n) is 15.7. The SMILES string of the molecule is C=Cc1[nH]cc([C@@H]2C(=O)NC(=O)[C@H]2c2cn3c4c(cccc24)C(=O)CC3)c1C=C.[HH].[HH]. The minimum absolute atomic E-state index is 0. The number of nitrogens with zero attached hydrogens (tertiary/aromatic N) is 1. The number of ketones is 1. The molecule has 0 unspecified atom stereocenters. The molecule has 3 aromatic rings. The topological polar surface area (TPSA) is 84.0 Å². The van der Waals surface area contributed by atoms with Gasteiger partial charge in [0.15, 0.2) is 5.78 Å². The lowest BCUT2D eigenvalue weighted by Gasteiger charge is -2.15. The van der Waals surface area contributed by atoms with Gasteiger partial charge in [0.2, 0.25) is 11.8 Å². The summed E-state index contributed by atoms with van der Waals surface area (Å²) in [5.74, 6) is -1.92. The summed E-state index contributed by atoms with van der Waals surface area (Å²) in [4.78, 5) is 41.2. The highest BCUT2D eigenvalue weighted by molar-refractivity contribution is 6.14. The first-order chi connectivity index (χ1) is 14.0. The minimum atomic E-state index is -0.681. The summed E-state index contributed by atoms with van der Waals surface area (Å²) in [6.07, 6.45) is 7.43. The molecule has 6 nitrogen and oxygen atoms in total. The minimum Gasteiger partial charge on any atom is -0.361 e. The Balaban J connectivity index is 0.00000136. The molecule has 0 saturated carbocycles. The second-order valence-electron chi connectivity index (χ2n) is 7.44. The van der Waals surface area contributed by atoms with Gasteiger partial charge in [-0.15, -0.1) is 0 Å². The van der Waals surface area contributed by atoms with E-state index in [0.717, 1.165) is 27.7 Å². The van der Waals surface area contributed by atoms with E-state index in [2.05, 4.69) is 23.5 Å². The zero-order valence-corrected chi connectivity index (χ0v) is 15.7. The van der Waals surface area contributed by atoms with Crippen LogP contribution in [-0.4, -0.2) is 27.1 Å². The summed E-state index contributed by atoms with van der Waals surface area (Å²) in [6, 6.07) is 5.57. The van der Waals surface area contributed by atoms with Crippen LogP contribution in [0.3, 0.4) is 0 Å². The molecule has 1 fully saturated rings. The molecule has 148 valence electrons. The maximum atomic E-state index is 12.9. The van der Waals surface area contributed by atoms with Crippen LogP contribution in [0.15, 0.2) is 43.8 Å². The number of carbonyl (C=O) groups is 3. The molecule has 2 aliphatic rings. The quantitative estimate of drug-likeness (QED) is 0.665. The molecule has 2 aliphatic heterocycles. The first-order valence-electron chi connectivity index (χ1n) is 9.51. The Hall–Kier alpha value is -3.67. The number of carbonyl (C=O) groups excluding carboxylic acids is 3. The van der Waals surface area contributed by atoms with Gasteiger partial charge in [0.25, 0.3) is 0 Å². The van der Waals surface area contributed by atoms with Crippen molar-refractivity contribution in [1.82, 2.24) is 14.9 Å². The Labute approximate surface area is 169 Å². The molecule has 4 heterocycles. The van der Waals surface area contributed by atoms with Crippen molar-refractivity contribution >= 4 is 40.7 Å². The number of para-hydroxylation sites is 1. The normalized spacial score (nSPS) is 20.9. The van der Waals surface area contributed by atoms with E-state index in [1.807, 2.05) is 29.0 Å². The maximum Gasteiger partial charge on any atom is 0.235 e. The summed E-state index contributed by atoms with van der Waals surface area (Å²) >= 11 is 0. The largest absolute Gasteiger partial charge is 0.361 e. The van der Waals surface area contributed by atoms with Gasteiger partial charge in [-0.1, -0.05) is 31.4 Å². The van der Waals surface area contributed by atoms with Crippen LogP contribution in [0.4, 0.5) is 0 Å². The molecular weight excluding hydrogens is 366 g/mol. The maximum absolute atomic E-state index is 12.9. The summed E-state index contributed by atoms with van der Waals surface area (Å²) in [6.45, 7) is 8.21. The number of hydrogen-bond acceptors (Lipinski definition) is 3. The molecule has 6 heteroatoms. The first kappa shape index (κ1) is 17.4. The Morgan fingerprint density at radius 1 is 1.07 bits per heavy atom. The van der Waals surface area contributed by atoms with Gasteiger partial charge in [0, 0.05) is 50.4 Å². The highest BCUT2D eigenvalue weighted by atomic mass is 16.2. The van der Waals surface area contributed by atoms with Gasteiger partial charge in [-0.3, -0.25) is 19.7 Å². The third-order valence-electron chi connectivity index (χ3n) is 6.02. The number of H-pyrrole nitrogens is 1. The lowest BCUT2D eigenvalue weighted by atomic mass is 9.82. The molecule has 2 atom stereocenters. The predicted molar refractivity (Wildman–Crippen MR) is 115 cm³/mol. The van der Waals surface area contributed by atoms with Crippen molar-refractivity contribution in [3.05, 3.63) is 71.7 Å². The van der Waals surface area contributed by atoms with Crippen LogP contribution >= 0.6 is 0 Å². The van der Waals surface area contributed by atoms with E-state index in [4.69, 9.17) is 0 Å². The number of imide groups is 1. The van der Waals surface area contributed by atoms with Crippen LogP contribution in [0.25, 0.3) is 23.1 Å². The van der Waals surface area contributed by atoms with Crippen molar-refractivity contribution < 1.29 is 17.2 Å². The number of rotatable bonds is 4. The van der Waals surface area contributed by atoms with Gasteiger partial charge in [-0.2, -0.15) is 0 Å². The number of benzene rings is 1. The highest BCUT2D eigenvalue weighted by Crippen LogP contribution is 2.44. The highest BCUT2D eigenvalue weighted by Gasteiger charge is 2.46. The van der Waals surface area contributed by atoms with E-state index in [9.17, 15) is 14.4 Å². The average Bonchev–Trinajstić information content (AvgIpc) is 3.37. The van der Waals surface area contributed by atoms with E-state index in [-0.39, 0.29) is 20.5 Å². The molecule has 2 aromatic heterocycles. The van der Waals surface area contributed by atoms with Crippen LogP contribution in [-0.2, 0) is 16.1 Å². The molecule has 1 aromatic carbocycles. The molecule has 0 spiro atoms. The number of aryl methyl sites for hydroxylation is 1. The van der Waals surface area contributed by atoms with Crippen LogP contribution in [0.1, 0.15) is 53.9 Å². The fourth-order valence-electron chi connectivity index (χ4n) is 4.74. The van der Waals surface area contributed by atoms with Crippen LogP contribution in [0.2, 0.25) is 0 Å². The van der Waals surface area contributed by atoms with Crippen molar-refractivity contribution in [1.29, 1.82) is 0 Å². The number of amides is 2. The van der Waals surface area contributed by atoms with E-state index >= 15 is 0 Å². The van der Waals surface area contributed by atoms with Crippen LogP contribution in [0.5, 0.6) is 0 Å². The monoisotopic (exact) mass is 389 g/mol. The van der Waals surface area contributed by atoms with Gasteiger partial charge in [-0.25, -0.2) is 0 Å². The summed E-state index contributed by atoms with van der Waals surface area (Å²) in [5, 5.41) is 3.34. The van der Waals surface area contributed by atoms with E-state index in [1.54, 1.807) is 18.3 Å². The summed E-state index contributed by atoms with van der Waals surface area (Å²) in [7, 11) is 0. The van der Waals surface area contributed by atoms with Gasteiger partial charge >= 0.3 is 0 Å². The van der Waals surface area contributed by atoms with Crippen molar-refractivity contribution in [3.8, 4) is 0 Å². The Morgan fingerprint density at radius 2 is 1.83 bits per heavy atom. The average molecular weight is 389 g/mol. The van der Waals surface area contributed by atoms with Crippen LogP contribution < -0.4 is 5.32 Å². The number of Topliss-reactive ketones (excluding diaryl/α,β-unsaturated/α-hetero) is 1. The third-order valence-corrected chi connectivity index (χ3v) is 6.02. The van der Waals surface area contributed by atoms with Crippen molar-refractivity contribution in [3.63, 3.8) is 0 Å². The predicted octanol–water partition coefficient (Wildman–Crippen LogP) is 3.86. The fourth-order valence-corrected chi connectivity index (χ4v) is 4.74. The number of aromatic amines is 1. The van der Waals surface area contributed by atoms with Crippen molar-refractivity contribution in [2.75, 3.05) is 0 Å². The Morgan fingerprint density at radius 3 is 2.55 bits per heavy atom. The molecule has 0 bridgehead atoms. The molecule has 1 saturated heterocycles. The standard InChI is InChI=1S/C23H19N3O3.2H2/c1-3-12-15(10-24-17(12)4-2)19-20(23(29)25-22(19)28)16-11-26-9-8-18(27)14-7-5-6-13(16)21(14)26;;/h3-7,10-11,19-20,24H,1-2,8-9H2,(H,25,28,29);2*1H/t19-,20-;;/m0../s1. The zero-order chi connectivity index (χ0) is 20.3. The van der Waals surface area contributed by atoms with Gasteiger partial charge in [0.05, 0.1) is 17.4 Å². The molecule has 0 aliphatic carbocycles. The third kappa shape index (κ3) is 2.32. The number of hydrogen-bond donors (Lipinski definition) is 2. The number of nitrogens with one attached hydrogen (secondary N) is 2. The van der Waals surface area contributed by atoms with Gasteiger partial charge < -0.3 is 9.55 Å². The first-order valence-corrected chi connectivity index (χ1v) is 9.51. The molecule has 2 N–H and O–H groups in total. The molecule has 5 rings (SSSR count). The Kier molecular flexibility index (Phi) is 3.71. The van der Waals surface area contributed by atoms with Gasteiger partial charge in [-0.05, 0) is 23.3 Å². The fraction of sp³-hybridized carbons (Fsp3) is 0.174. The van der Waals surface area contributed by atoms with Crippen molar-refractivity contribution in [2.45, 2.75) is 24.8 Å². The van der Waals surface area contributed by atoms with E-state index < -0.39 is 11.8 Å². The molecule has 2 amide bonds. The van der Waals surface area contributed by atoms with E-state index in [0.29, 0.717) is 24.1 Å². The molecule has 29 heavy (non-hydrogen) atoms. The second-order valence-corrected chi connectivity index (χ2v) is 7.44.